The normalized spacial score (nSPS) is 30.9. The Morgan fingerprint density at radius 2 is 1.72 bits per heavy atom. The first-order valence-corrected chi connectivity index (χ1v) is 6.68. The van der Waals surface area contributed by atoms with E-state index in [0.29, 0.717) is 5.92 Å². The Morgan fingerprint density at radius 1 is 1.00 bits per heavy atom. The van der Waals surface area contributed by atoms with Crippen molar-refractivity contribution in [2.45, 2.75) is 38.3 Å². The molecule has 0 N–H and O–H groups in total. The van der Waals surface area contributed by atoms with Crippen molar-refractivity contribution < 1.29 is 13.2 Å². The Balaban J connectivity index is 1.67. The molecule has 3 unspecified atom stereocenters. The van der Waals surface area contributed by atoms with Crippen LogP contribution in [0.2, 0.25) is 0 Å². The summed E-state index contributed by atoms with van der Waals surface area (Å²) in [7, 11) is 0. The van der Waals surface area contributed by atoms with E-state index in [1.54, 1.807) is 12.1 Å². The van der Waals surface area contributed by atoms with E-state index in [0.717, 1.165) is 23.8 Å². The van der Waals surface area contributed by atoms with Gasteiger partial charge in [-0.3, -0.25) is 0 Å². The summed E-state index contributed by atoms with van der Waals surface area (Å²) in [4.78, 5) is 0. The van der Waals surface area contributed by atoms with Crippen LogP contribution in [0.4, 0.5) is 13.2 Å². The molecule has 2 aliphatic rings. The van der Waals surface area contributed by atoms with E-state index in [2.05, 4.69) is 0 Å². The second-order valence-electron chi connectivity index (χ2n) is 5.83. The van der Waals surface area contributed by atoms with Crippen LogP contribution >= 0.6 is 0 Å². The minimum Gasteiger partial charge on any atom is -0.166 e. The van der Waals surface area contributed by atoms with E-state index >= 15 is 0 Å². The zero-order valence-electron chi connectivity index (χ0n) is 10.2. The summed E-state index contributed by atoms with van der Waals surface area (Å²) in [6.07, 6.45) is 2.07. The minimum absolute atomic E-state index is 0.542. The lowest BCUT2D eigenvalue weighted by Crippen LogP contribution is -2.13. The van der Waals surface area contributed by atoms with Crippen molar-refractivity contribution >= 4 is 0 Å². The molecule has 3 heteroatoms. The lowest BCUT2D eigenvalue weighted by Gasteiger charge is -2.21. The van der Waals surface area contributed by atoms with Gasteiger partial charge in [-0.25, -0.2) is 0 Å². The van der Waals surface area contributed by atoms with Crippen molar-refractivity contribution in [1.29, 1.82) is 0 Å². The molecule has 0 aromatic heterocycles. The van der Waals surface area contributed by atoms with E-state index in [9.17, 15) is 13.2 Å². The number of benzene rings is 1. The quantitative estimate of drug-likeness (QED) is 0.718. The minimum atomic E-state index is -4.22. The van der Waals surface area contributed by atoms with Gasteiger partial charge in [-0.05, 0) is 61.1 Å². The van der Waals surface area contributed by atoms with Crippen LogP contribution in [0.3, 0.4) is 0 Å². The third-order valence-electron chi connectivity index (χ3n) is 4.66. The summed E-state index contributed by atoms with van der Waals surface area (Å²) in [5.74, 6) is 2.44. The number of fused-ring (bicyclic) bond motifs is 2. The summed E-state index contributed by atoms with van der Waals surface area (Å²) >= 11 is 0. The Hall–Kier alpha value is -0.990. The Kier molecular flexibility index (Phi) is 2.87. The number of alkyl halides is 3. The Labute approximate surface area is 105 Å². The van der Waals surface area contributed by atoms with Gasteiger partial charge in [0.1, 0.15) is 0 Å². The highest BCUT2D eigenvalue weighted by Crippen LogP contribution is 2.49. The maximum absolute atomic E-state index is 12.4. The van der Waals surface area contributed by atoms with Gasteiger partial charge < -0.3 is 0 Å². The molecule has 2 fully saturated rings. The molecule has 1 aromatic rings. The number of rotatable bonds is 2. The van der Waals surface area contributed by atoms with Crippen LogP contribution in [-0.2, 0) is 12.6 Å². The molecule has 0 heterocycles. The molecule has 1 aromatic carbocycles. The molecule has 18 heavy (non-hydrogen) atoms. The van der Waals surface area contributed by atoms with E-state index in [1.165, 1.54) is 37.8 Å². The fourth-order valence-corrected chi connectivity index (χ4v) is 3.76. The average molecular weight is 254 g/mol. The van der Waals surface area contributed by atoms with E-state index in [4.69, 9.17) is 0 Å². The van der Waals surface area contributed by atoms with Crippen molar-refractivity contribution in [3.8, 4) is 0 Å². The van der Waals surface area contributed by atoms with Crippen LogP contribution in [0.25, 0.3) is 0 Å². The smallest absolute Gasteiger partial charge is 0.166 e. The fraction of sp³-hybridized carbons (Fsp3) is 0.600. The number of hydrogen-bond donors (Lipinski definition) is 0. The second-order valence-corrected chi connectivity index (χ2v) is 5.83. The molecule has 0 aliphatic heterocycles. The van der Waals surface area contributed by atoms with Gasteiger partial charge in [-0.1, -0.05) is 18.6 Å². The van der Waals surface area contributed by atoms with Gasteiger partial charge >= 0.3 is 6.18 Å². The molecule has 98 valence electrons. The van der Waals surface area contributed by atoms with Gasteiger partial charge in [0.15, 0.2) is 0 Å². The predicted molar refractivity (Wildman–Crippen MR) is 64.1 cm³/mol. The molecule has 0 spiro atoms. The van der Waals surface area contributed by atoms with Crippen molar-refractivity contribution in [2.75, 3.05) is 0 Å². The number of hydrogen-bond acceptors (Lipinski definition) is 0. The van der Waals surface area contributed by atoms with Crippen molar-refractivity contribution in [1.82, 2.24) is 0 Å². The molecule has 0 nitrogen and oxygen atoms in total. The van der Waals surface area contributed by atoms with Crippen molar-refractivity contribution in [3.63, 3.8) is 0 Å². The molecule has 2 bridgehead atoms. The zero-order valence-corrected chi connectivity index (χ0v) is 10.2. The van der Waals surface area contributed by atoms with Crippen molar-refractivity contribution in [3.05, 3.63) is 35.4 Å². The summed E-state index contributed by atoms with van der Waals surface area (Å²) in [6.45, 7) is 0. The van der Waals surface area contributed by atoms with Gasteiger partial charge in [0.25, 0.3) is 0 Å². The standard InChI is InChI=1S/C15H17F3/c16-15(17,18)14-5-2-10(3-6-14)7-13-9-11-1-4-12(13)8-11/h2-3,5-6,11-13H,1,4,7-9H2. The molecular formula is C15H17F3. The summed E-state index contributed by atoms with van der Waals surface area (Å²) in [5, 5.41) is 0. The lowest BCUT2D eigenvalue weighted by molar-refractivity contribution is -0.137. The summed E-state index contributed by atoms with van der Waals surface area (Å²) in [6, 6.07) is 5.72. The van der Waals surface area contributed by atoms with E-state index in [1.807, 2.05) is 0 Å². The van der Waals surface area contributed by atoms with Crippen LogP contribution in [-0.4, -0.2) is 0 Å². The zero-order chi connectivity index (χ0) is 12.8. The first kappa shape index (κ1) is 12.1. The maximum atomic E-state index is 12.4. The summed E-state index contributed by atoms with van der Waals surface area (Å²) in [5.41, 5.74) is 0.514. The first-order valence-electron chi connectivity index (χ1n) is 6.68. The van der Waals surface area contributed by atoms with E-state index in [-0.39, 0.29) is 0 Å². The van der Waals surface area contributed by atoms with Crippen molar-refractivity contribution in [2.24, 2.45) is 17.8 Å². The highest BCUT2D eigenvalue weighted by Gasteiger charge is 2.39. The molecule has 3 atom stereocenters. The SMILES string of the molecule is FC(F)(F)c1ccc(CC2CC3CCC2C3)cc1. The van der Waals surface area contributed by atoms with Gasteiger partial charge in [0.2, 0.25) is 0 Å². The van der Waals surface area contributed by atoms with E-state index < -0.39 is 11.7 Å². The predicted octanol–water partition coefficient (Wildman–Crippen LogP) is 4.68. The fourth-order valence-electron chi connectivity index (χ4n) is 3.76. The average Bonchev–Trinajstić information content (AvgIpc) is 2.90. The number of halogens is 3. The molecule has 0 amide bonds. The highest BCUT2D eigenvalue weighted by atomic mass is 19.4. The van der Waals surface area contributed by atoms with Gasteiger partial charge in [0.05, 0.1) is 5.56 Å². The Bertz CT molecular complexity index is 418. The van der Waals surface area contributed by atoms with Gasteiger partial charge in [-0.15, -0.1) is 0 Å². The molecular weight excluding hydrogens is 237 g/mol. The van der Waals surface area contributed by atoms with Gasteiger partial charge in [0, 0.05) is 0 Å². The van der Waals surface area contributed by atoms with Crippen LogP contribution in [0.5, 0.6) is 0 Å². The highest BCUT2D eigenvalue weighted by molar-refractivity contribution is 5.25. The second kappa shape index (κ2) is 4.29. The topological polar surface area (TPSA) is 0 Å². The van der Waals surface area contributed by atoms with Crippen LogP contribution in [0.1, 0.15) is 36.8 Å². The molecule has 2 aliphatic carbocycles. The largest absolute Gasteiger partial charge is 0.416 e. The Morgan fingerprint density at radius 3 is 2.22 bits per heavy atom. The van der Waals surface area contributed by atoms with Gasteiger partial charge in [-0.2, -0.15) is 13.2 Å². The van der Waals surface area contributed by atoms with Crippen LogP contribution in [0.15, 0.2) is 24.3 Å². The monoisotopic (exact) mass is 254 g/mol. The first-order chi connectivity index (χ1) is 8.52. The molecule has 3 rings (SSSR count). The summed E-state index contributed by atoms with van der Waals surface area (Å²) < 4.78 is 37.3. The molecule has 2 saturated carbocycles. The lowest BCUT2D eigenvalue weighted by atomic mass is 9.84. The third-order valence-corrected chi connectivity index (χ3v) is 4.66. The third kappa shape index (κ3) is 2.27. The maximum Gasteiger partial charge on any atom is 0.416 e. The van der Waals surface area contributed by atoms with Crippen LogP contribution in [0, 0.1) is 17.8 Å². The molecule has 0 saturated heterocycles. The molecule has 0 radical (unpaired) electrons. The van der Waals surface area contributed by atoms with Crippen LogP contribution < -0.4 is 0 Å².